The lowest BCUT2D eigenvalue weighted by Crippen LogP contribution is -2.18. The van der Waals surface area contributed by atoms with E-state index in [1.165, 1.54) is 6.08 Å². The van der Waals surface area contributed by atoms with Crippen LogP contribution in [0.3, 0.4) is 0 Å². The largest absolute Gasteiger partial charge is 0.516 e. The van der Waals surface area contributed by atoms with Gasteiger partial charge in [0.15, 0.2) is 0 Å². The average molecular weight is 551 g/mol. The van der Waals surface area contributed by atoms with Crippen molar-refractivity contribution < 1.29 is 28.5 Å². The normalized spacial score (nSPS) is 12.0. The number of ether oxygens (including phenoxy) is 4. The van der Waals surface area contributed by atoms with E-state index in [2.05, 4.69) is 27.7 Å². The van der Waals surface area contributed by atoms with E-state index in [1.54, 1.807) is 6.08 Å². The van der Waals surface area contributed by atoms with Crippen molar-refractivity contribution in [3.8, 4) is 0 Å². The summed E-state index contributed by atoms with van der Waals surface area (Å²) in [5.41, 5.74) is 2.78. The SMILES string of the molecule is CCCCC(CC)COC(=O)OC(=CC=C(c1ccccc1)c1ccccc1)OC(=O)OCC(CC)CCCC. The van der Waals surface area contributed by atoms with Crippen LogP contribution in [0.15, 0.2) is 78.8 Å². The Bertz CT molecular complexity index is 967. The molecule has 0 fully saturated rings. The predicted octanol–water partition coefficient (Wildman–Crippen LogP) is 9.70. The van der Waals surface area contributed by atoms with E-state index in [1.807, 2.05) is 60.7 Å². The molecule has 40 heavy (non-hydrogen) atoms. The quantitative estimate of drug-likeness (QED) is 0.111. The van der Waals surface area contributed by atoms with Gasteiger partial charge in [0.1, 0.15) is 0 Å². The van der Waals surface area contributed by atoms with Crippen molar-refractivity contribution in [1.82, 2.24) is 0 Å². The van der Waals surface area contributed by atoms with Gasteiger partial charge in [-0.3, -0.25) is 0 Å². The minimum atomic E-state index is -0.919. The standard InChI is InChI=1S/C34H46O6/c1-5-9-17-27(7-3)25-37-33(35)39-32(40-34(36)38-26-28(8-4)18-10-6-2)24-23-31(29-19-13-11-14-20-29)30-21-15-12-16-22-30/h11-16,19-24,27-28H,5-10,17-18,25-26H2,1-4H3. The molecule has 0 bridgehead atoms. The third-order valence-electron chi connectivity index (χ3n) is 6.88. The molecule has 6 nitrogen and oxygen atoms in total. The number of carbonyl (C=O) groups is 2. The van der Waals surface area contributed by atoms with Gasteiger partial charge in [-0.2, -0.15) is 0 Å². The maximum Gasteiger partial charge on any atom is 0.516 e. The van der Waals surface area contributed by atoms with E-state index < -0.39 is 12.3 Å². The van der Waals surface area contributed by atoms with Gasteiger partial charge in [-0.1, -0.05) is 127 Å². The molecule has 0 aliphatic heterocycles. The van der Waals surface area contributed by atoms with Crippen LogP contribution in [0.2, 0.25) is 0 Å². The van der Waals surface area contributed by atoms with Crippen LogP contribution in [0.25, 0.3) is 5.57 Å². The van der Waals surface area contributed by atoms with Crippen LogP contribution in [0, 0.1) is 11.8 Å². The Balaban J connectivity index is 2.24. The molecule has 0 heterocycles. The molecule has 0 saturated heterocycles. The fourth-order valence-corrected chi connectivity index (χ4v) is 4.23. The maximum atomic E-state index is 12.6. The molecule has 218 valence electrons. The molecule has 0 N–H and O–H groups in total. The lowest BCUT2D eigenvalue weighted by molar-refractivity contribution is 0.00351. The number of unbranched alkanes of at least 4 members (excludes halogenated alkanes) is 2. The van der Waals surface area contributed by atoms with Crippen LogP contribution >= 0.6 is 0 Å². The van der Waals surface area contributed by atoms with Crippen molar-refractivity contribution in [2.75, 3.05) is 13.2 Å². The summed E-state index contributed by atoms with van der Waals surface area (Å²) >= 11 is 0. The Kier molecular flexibility index (Phi) is 15.9. The van der Waals surface area contributed by atoms with Gasteiger partial charge in [0.05, 0.1) is 13.2 Å². The number of hydrogen-bond donors (Lipinski definition) is 0. The molecule has 2 atom stereocenters. The molecule has 0 aliphatic carbocycles. The number of carbonyl (C=O) groups excluding carboxylic acids is 2. The Hall–Kier alpha value is -3.54. The van der Waals surface area contributed by atoms with Gasteiger partial charge >= 0.3 is 18.3 Å². The van der Waals surface area contributed by atoms with Gasteiger partial charge in [-0.15, -0.1) is 0 Å². The van der Waals surface area contributed by atoms with Crippen LogP contribution in [-0.2, 0) is 18.9 Å². The summed E-state index contributed by atoms with van der Waals surface area (Å²) in [4.78, 5) is 25.2. The zero-order valence-electron chi connectivity index (χ0n) is 24.6. The minimum absolute atomic E-state index is 0.248. The molecule has 0 saturated carbocycles. The molecule has 2 aromatic carbocycles. The first-order valence-corrected chi connectivity index (χ1v) is 14.7. The molecule has 6 heteroatoms. The summed E-state index contributed by atoms with van der Waals surface area (Å²) in [5, 5.41) is 0. The second kappa shape index (κ2) is 19.5. The molecule has 2 unspecified atom stereocenters. The van der Waals surface area contributed by atoms with E-state index in [4.69, 9.17) is 18.9 Å². The van der Waals surface area contributed by atoms with Crippen LogP contribution in [0.5, 0.6) is 0 Å². The molecule has 0 aromatic heterocycles. The number of allylic oxidation sites excluding steroid dienone is 2. The number of rotatable bonds is 17. The van der Waals surface area contributed by atoms with Crippen molar-refractivity contribution in [3.63, 3.8) is 0 Å². The molecular weight excluding hydrogens is 504 g/mol. The van der Waals surface area contributed by atoms with Crippen LogP contribution < -0.4 is 0 Å². The van der Waals surface area contributed by atoms with Crippen molar-refractivity contribution in [3.05, 3.63) is 89.9 Å². The smallest absolute Gasteiger partial charge is 0.434 e. The first-order valence-electron chi connectivity index (χ1n) is 14.7. The first kappa shape index (κ1) is 32.7. The molecule has 2 rings (SSSR count). The van der Waals surface area contributed by atoms with Crippen molar-refractivity contribution in [2.45, 2.75) is 79.1 Å². The molecule has 0 spiro atoms. The van der Waals surface area contributed by atoms with Gasteiger partial charge in [0, 0.05) is 6.08 Å². The third-order valence-corrected chi connectivity index (χ3v) is 6.88. The first-order chi connectivity index (χ1) is 19.5. The second-order valence-corrected chi connectivity index (χ2v) is 9.96. The molecule has 0 aliphatic rings. The lowest BCUT2D eigenvalue weighted by Gasteiger charge is -2.16. The van der Waals surface area contributed by atoms with E-state index >= 15 is 0 Å². The summed E-state index contributed by atoms with van der Waals surface area (Å²) in [6.45, 7) is 8.91. The monoisotopic (exact) mass is 550 g/mol. The van der Waals surface area contributed by atoms with Gasteiger partial charge in [-0.05, 0) is 47.5 Å². The molecule has 2 aromatic rings. The van der Waals surface area contributed by atoms with E-state index in [0.29, 0.717) is 0 Å². The number of benzene rings is 2. The van der Waals surface area contributed by atoms with Crippen molar-refractivity contribution in [1.29, 1.82) is 0 Å². The highest BCUT2D eigenvalue weighted by Crippen LogP contribution is 2.24. The van der Waals surface area contributed by atoms with E-state index in [-0.39, 0.29) is 31.0 Å². The summed E-state index contributed by atoms with van der Waals surface area (Å²) < 4.78 is 21.5. The summed E-state index contributed by atoms with van der Waals surface area (Å²) in [7, 11) is 0. The van der Waals surface area contributed by atoms with Gasteiger partial charge in [0.2, 0.25) is 0 Å². The Morgan fingerprint density at radius 2 is 1.07 bits per heavy atom. The van der Waals surface area contributed by atoms with Gasteiger partial charge in [0.25, 0.3) is 0 Å². The summed E-state index contributed by atoms with van der Waals surface area (Å²) in [5.74, 6) is 0.202. The summed E-state index contributed by atoms with van der Waals surface area (Å²) in [6.07, 6.45) is 9.43. The Labute approximate surface area is 240 Å². The molecule has 0 radical (unpaired) electrons. The van der Waals surface area contributed by atoms with Crippen LogP contribution in [0.4, 0.5) is 9.59 Å². The van der Waals surface area contributed by atoms with E-state index in [9.17, 15) is 9.59 Å². The molecule has 0 amide bonds. The number of hydrogen-bond acceptors (Lipinski definition) is 6. The fraction of sp³-hybridized carbons (Fsp3) is 0.471. The topological polar surface area (TPSA) is 71.1 Å². The van der Waals surface area contributed by atoms with Gasteiger partial charge < -0.3 is 18.9 Å². The molecular formula is C34H46O6. The van der Waals surface area contributed by atoms with Crippen LogP contribution in [0.1, 0.15) is 90.2 Å². The third kappa shape index (κ3) is 12.5. The highest BCUT2D eigenvalue weighted by molar-refractivity contribution is 5.80. The Morgan fingerprint density at radius 1 is 0.650 bits per heavy atom. The lowest BCUT2D eigenvalue weighted by atomic mass is 9.98. The minimum Gasteiger partial charge on any atom is -0.434 e. The fourth-order valence-electron chi connectivity index (χ4n) is 4.23. The zero-order chi connectivity index (χ0) is 29.0. The van der Waals surface area contributed by atoms with Crippen molar-refractivity contribution >= 4 is 17.9 Å². The van der Waals surface area contributed by atoms with E-state index in [0.717, 1.165) is 68.1 Å². The highest BCUT2D eigenvalue weighted by atomic mass is 16.8. The second-order valence-electron chi connectivity index (χ2n) is 9.96. The Morgan fingerprint density at radius 3 is 1.45 bits per heavy atom. The van der Waals surface area contributed by atoms with Crippen molar-refractivity contribution in [2.24, 2.45) is 11.8 Å². The maximum absolute atomic E-state index is 12.6. The summed E-state index contributed by atoms with van der Waals surface area (Å²) in [6, 6.07) is 19.6. The zero-order valence-corrected chi connectivity index (χ0v) is 24.6. The highest BCUT2D eigenvalue weighted by Gasteiger charge is 2.18. The van der Waals surface area contributed by atoms with Gasteiger partial charge in [-0.25, -0.2) is 9.59 Å². The average Bonchev–Trinajstić information content (AvgIpc) is 2.98. The predicted molar refractivity (Wildman–Crippen MR) is 160 cm³/mol. The van der Waals surface area contributed by atoms with Crippen LogP contribution in [-0.4, -0.2) is 25.5 Å².